The van der Waals surface area contributed by atoms with Crippen LogP contribution in [0.25, 0.3) is 0 Å². The Morgan fingerprint density at radius 1 is 1.14 bits per heavy atom. The molecule has 110 valence electrons. The second-order valence-electron chi connectivity index (χ2n) is 4.66. The van der Waals surface area contributed by atoms with Crippen molar-refractivity contribution in [2.45, 2.75) is 20.0 Å². The predicted octanol–water partition coefficient (Wildman–Crippen LogP) is 4.58. The van der Waals surface area contributed by atoms with Crippen LogP contribution in [0.4, 0.5) is 8.78 Å². The number of benzene rings is 2. The van der Waals surface area contributed by atoms with Gasteiger partial charge in [-0.3, -0.25) is 4.79 Å². The van der Waals surface area contributed by atoms with E-state index in [0.29, 0.717) is 10.8 Å². The number of ketones is 1. The molecule has 0 bridgehead atoms. The summed E-state index contributed by atoms with van der Waals surface area (Å²) in [6.07, 6.45) is -0.841. The average Bonchev–Trinajstić information content (AvgIpc) is 2.45. The van der Waals surface area contributed by atoms with Crippen LogP contribution in [0.1, 0.15) is 22.8 Å². The SMILES string of the molecule is Cc1ccc(Cl)cc1OC(C)C(=O)c1ccc(F)c(F)c1. The van der Waals surface area contributed by atoms with Crippen molar-refractivity contribution in [3.63, 3.8) is 0 Å². The molecule has 0 aromatic heterocycles. The molecule has 0 saturated carbocycles. The normalized spacial score (nSPS) is 12.0. The number of ether oxygens (including phenoxy) is 1. The zero-order valence-corrected chi connectivity index (χ0v) is 12.2. The topological polar surface area (TPSA) is 26.3 Å². The summed E-state index contributed by atoms with van der Waals surface area (Å²) in [4.78, 5) is 12.2. The van der Waals surface area contributed by atoms with Crippen molar-refractivity contribution in [2.24, 2.45) is 0 Å². The van der Waals surface area contributed by atoms with E-state index < -0.39 is 23.5 Å². The van der Waals surface area contributed by atoms with Gasteiger partial charge >= 0.3 is 0 Å². The molecule has 21 heavy (non-hydrogen) atoms. The Balaban J connectivity index is 2.19. The van der Waals surface area contributed by atoms with Gasteiger partial charge in [0.25, 0.3) is 0 Å². The van der Waals surface area contributed by atoms with E-state index in [1.54, 1.807) is 25.1 Å². The van der Waals surface area contributed by atoms with E-state index in [9.17, 15) is 13.6 Å². The third-order valence-corrected chi connectivity index (χ3v) is 3.26. The lowest BCUT2D eigenvalue weighted by atomic mass is 10.1. The van der Waals surface area contributed by atoms with Crippen LogP contribution in [0.2, 0.25) is 5.02 Å². The number of rotatable bonds is 4. The maximum atomic E-state index is 13.2. The van der Waals surface area contributed by atoms with Crippen LogP contribution in [-0.4, -0.2) is 11.9 Å². The number of hydrogen-bond donors (Lipinski definition) is 0. The molecule has 0 spiro atoms. The van der Waals surface area contributed by atoms with Gasteiger partial charge in [0.15, 0.2) is 17.7 Å². The summed E-state index contributed by atoms with van der Waals surface area (Å²) >= 11 is 5.88. The lowest BCUT2D eigenvalue weighted by molar-refractivity contribution is 0.0816. The molecule has 2 nitrogen and oxygen atoms in total. The van der Waals surface area contributed by atoms with Gasteiger partial charge < -0.3 is 4.74 Å². The number of carbonyl (C=O) groups is 1. The van der Waals surface area contributed by atoms with Gasteiger partial charge in [0.05, 0.1) is 0 Å². The first kappa shape index (κ1) is 15.4. The summed E-state index contributed by atoms with van der Waals surface area (Å²) in [5.74, 6) is -2.02. The molecule has 0 radical (unpaired) electrons. The van der Waals surface area contributed by atoms with Crippen LogP contribution in [0.5, 0.6) is 5.75 Å². The Labute approximate surface area is 126 Å². The molecule has 2 rings (SSSR count). The van der Waals surface area contributed by atoms with Gasteiger partial charge in [-0.1, -0.05) is 17.7 Å². The van der Waals surface area contributed by atoms with E-state index in [0.717, 1.165) is 17.7 Å². The van der Waals surface area contributed by atoms with Crippen molar-refractivity contribution in [1.82, 2.24) is 0 Å². The molecule has 0 N–H and O–H groups in total. The van der Waals surface area contributed by atoms with Crippen LogP contribution in [-0.2, 0) is 0 Å². The van der Waals surface area contributed by atoms with Gasteiger partial charge in [-0.05, 0) is 49.7 Å². The van der Waals surface area contributed by atoms with Crippen molar-refractivity contribution >= 4 is 17.4 Å². The summed E-state index contributed by atoms with van der Waals surface area (Å²) in [5.41, 5.74) is 0.880. The van der Waals surface area contributed by atoms with Crippen LogP contribution < -0.4 is 4.74 Å². The second kappa shape index (κ2) is 6.22. The molecule has 0 heterocycles. The first-order valence-electron chi connectivity index (χ1n) is 6.30. The minimum absolute atomic E-state index is 0.0566. The van der Waals surface area contributed by atoms with Gasteiger partial charge in [0.2, 0.25) is 5.78 Å². The maximum absolute atomic E-state index is 13.2. The highest BCUT2D eigenvalue weighted by Crippen LogP contribution is 2.24. The molecule has 0 saturated heterocycles. The lowest BCUT2D eigenvalue weighted by Crippen LogP contribution is -2.24. The Morgan fingerprint density at radius 3 is 2.52 bits per heavy atom. The number of halogens is 3. The zero-order valence-electron chi connectivity index (χ0n) is 11.5. The highest BCUT2D eigenvalue weighted by Gasteiger charge is 2.19. The van der Waals surface area contributed by atoms with Crippen LogP contribution in [0.15, 0.2) is 36.4 Å². The van der Waals surface area contributed by atoms with Gasteiger partial charge in [0, 0.05) is 10.6 Å². The van der Waals surface area contributed by atoms with E-state index in [1.165, 1.54) is 6.07 Å². The second-order valence-corrected chi connectivity index (χ2v) is 5.10. The van der Waals surface area contributed by atoms with Crippen molar-refractivity contribution in [1.29, 1.82) is 0 Å². The van der Waals surface area contributed by atoms with Crippen molar-refractivity contribution in [2.75, 3.05) is 0 Å². The van der Waals surface area contributed by atoms with E-state index in [-0.39, 0.29) is 5.56 Å². The molecule has 1 unspecified atom stereocenters. The fraction of sp³-hybridized carbons (Fsp3) is 0.188. The maximum Gasteiger partial charge on any atom is 0.203 e. The van der Waals surface area contributed by atoms with E-state index in [1.807, 2.05) is 6.92 Å². The average molecular weight is 311 g/mol. The molecule has 0 aliphatic rings. The summed E-state index contributed by atoms with van der Waals surface area (Å²) in [6, 6.07) is 8.09. The lowest BCUT2D eigenvalue weighted by Gasteiger charge is -2.16. The molecule has 0 fully saturated rings. The molecule has 0 amide bonds. The fourth-order valence-corrected chi connectivity index (χ4v) is 1.99. The summed E-state index contributed by atoms with van der Waals surface area (Å²) in [5, 5.41) is 0.489. The zero-order chi connectivity index (χ0) is 15.6. The molecular formula is C16H13ClF2O2. The third-order valence-electron chi connectivity index (χ3n) is 3.03. The Kier molecular flexibility index (Phi) is 4.58. The minimum Gasteiger partial charge on any atom is -0.482 e. The van der Waals surface area contributed by atoms with Crippen molar-refractivity contribution < 1.29 is 18.3 Å². The monoisotopic (exact) mass is 310 g/mol. The van der Waals surface area contributed by atoms with Crippen LogP contribution >= 0.6 is 11.6 Å². The molecule has 2 aromatic rings. The first-order chi connectivity index (χ1) is 9.88. The van der Waals surface area contributed by atoms with Gasteiger partial charge in [-0.25, -0.2) is 8.78 Å². The predicted molar refractivity (Wildman–Crippen MR) is 77.0 cm³/mol. The van der Waals surface area contributed by atoms with E-state index in [4.69, 9.17) is 16.3 Å². The molecule has 5 heteroatoms. The number of hydrogen-bond acceptors (Lipinski definition) is 2. The molecule has 1 atom stereocenters. The minimum atomic E-state index is -1.06. The quantitative estimate of drug-likeness (QED) is 0.773. The number of aryl methyl sites for hydroxylation is 1. The van der Waals surface area contributed by atoms with Gasteiger partial charge in [-0.15, -0.1) is 0 Å². The number of carbonyl (C=O) groups excluding carboxylic acids is 1. The summed E-state index contributed by atoms with van der Waals surface area (Å²) < 4.78 is 31.6. The smallest absolute Gasteiger partial charge is 0.203 e. The third kappa shape index (κ3) is 3.58. The van der Waals surface area contributed by atoms with Crippen molar-refractivity contribution in [3.05, 3.63) is 64.2 Å². The fourth-order valence-electron chi connectivity index (χ4n) is 1.83. The first-order valence-corrected chi connectivity index (χ1v) is 6.68. The van der Waals surface area contributed by atoms with Crippen molar-refractivity contribution in [3.8, 4) is 5.75 Å². The highest BCUT2D eigenvalue weighted by atomic mass is 35.5. The van der Waals surface area contributed by atoms with Gasteiger partial charge in [0.1, 0.15) is 5.75 Å². The summed E-state index contributed by atoms with van der Waals surface area (Å²) in [6.45, 7) is 3.37. The van der Waals surface area contributed by atoms with Crippen LogP contribution in [0, 0.1) is 18.6 Å². The van der Waals surface area contributed by atoms with Gasteiger partial charge in [-0.2, -0.15) is 0 Å². The number of Topliss-reactive ketones (excluding diaryl/α,β-unsaturated/α-hetero) is 1. The van der Waals surface area contributed by atoms with Crippen LogP contribution in [0.3, 0.4) is 0 Å². The standard InChI is InChI=1S/C16H13ClF2O2/c1-9-3-5-12(17)8-15(9)21-10(2)16(20)11-4-6-13(18)14(19)7-11/h3-8,10H,1-2H3. The molecule has 0 aliphatic heterocycles. The highest BCUT2D eigenvalue weighted by molar-refractivity contribution is 6.30. The molecule has 2 aromatic carbocycles. The Morgan fingerprint density at radius 2 is 1.86 bits per heavy atom. The molecular weight excluding hydrogens is 298 g/mol. The Bertz CT molecular complexity index is 686. The van der Waals surface area contributed by atoms with E-state index >= 15 is 0 Å². The molecule has 0 aliphatic carbocycles. The largest absolute Gasteiger partial charge is 0.482 e. The Hall–Kier alpha value is -1.94. The summed E-state index contributed by atoms with van der Waals surface area (Å²) in [7, 11) is 0. The van der Waals surface area contributed by atoms with E-state index in [2.05, 4.69) is 0 Å².